The van der Waals surface area contributed by atoms with E-state index in [4.69, 9.17) is 11.6 Å². The maximum Gasteiger partial charge on any atom is 0.264 e. The first kappa shape index (κ1) is 18.7. The van der Waals surface area contributed by atoms with Gasteiger partial charge in [-0.15, -0.1) is 0 Å². The number of nitrogens with zero attached hydrogens (tertiary/aromatic N) is 1. The SMILES string of the molecule is C=S(=O)(NC(=O)c1cncc(C#Cc2ccccc2)c1)c1ccc(Cl)cc1. The lowest BCUT2D eigenvalue weighted by Gasteiger charge is -2.11. The highest BCUT2D eigenvalue weighted by Gasteiger charge is 2.14. The van der Waals surface area contributed by atoms with E-state index in [2.05, 4.69) is 27.4 Å². The second-order valence-corrected chi connectivity index (χ2v) is 8.10. The Kier molecular flexibility index (Phi) is 5.60. The van der Waals surface area contributed by atoms with Gasteiger partial charge in [0.2, 0.25) is 0 Å². The van der Waals surface area contributed by atoms with Gasteiger partial charge in [0.25, 0.3) is 5.91 Å². The van der Waals surface area contributed by atoms with Crippen LogP contribution in [-0.4, -0.2) is 21.0 Å². The number of amides is 1. The van der Waals surface area contributed by atoms with E-state index in [9.17, 15) is 9.00 Å². The molecule has 3 rings (SSSR count). The third-order valence-electron chi connectivity index (χ3n) is 3.58. The Morgan fingerprint density at radius 1 is 1.00 bits per heavy atom. The van der Waals surface area contributed by atoms with Crippen molar-refractivity contribution < 1.29 is 9.00 Å². The first-order valence-electron chi connectivity index (χ1n) is 7.91. The minimum Gasteiger partial charge on any atom is -0.275 e. The molecular formula is C21H15ClN2O2S. The third-order valence-corrected chi connectivity index (χ3v) is 5.38. The van der Waals surface area contributed by atoms with Gasteiger partial charge in [0.05, 0.1) is 15.3 Å². The van der Waals surface area contributed by atoms with Gasteiger partial charge in [-0.05, 0) is 48.3 Å². The molecule has 0 bridgehead atoms. The van der Waals surface area contributed by atoms with Gasteiger partial charge >= 0.3 is 0 Å². The Morgan fingerprint density at radius 3 is 2.37 bits per heavy atom. The molecule has 2 aromatic carbocycles. The highest BCUT2D eigenvalue weighted by molar-refractivity contribution is 7.99. The summed E-state index contributed by atoms with van der Waals surface area (Å²) in [7, 11) is -3.01. The Bertz CT molecular complexity index is 1130. The van der Waals surface area contributed by atoms with Crippen LogP contribution >= 0.6 is 11.6 Å². The summed E-state index contributed by atoms with van der Waals surface area (Å²) in [6.07, 6.45) is 2.95. The van der Waals surface area contributed by atoms with E-state index in [0.29, 0.717) is 15.5 Å². The molecule has 1 amide bonds. The van der Waals surface area contributed by atoms with Crippen molar-refractivity contribution in [3.05, 3.63) is 94.8 Å². The van der Waals surface area contributed by atoms with Crippen molar-refractivity contribution in [2.45, 2.75) is 4.90 Å². The Balaban J connectivity index is 1.79. The zero-order chi connectivity index (χ0) is 19.3. The molecule has 0 saturated carbocycles. The van der Waals surface area contributed by atoms with Gasteiger partial charge in [0, 0.05) is 33.4 Å². The molecule has 0 saturated heterocycles. The van der Waals surface area contributed by atoms with Gasteiger partial charge < -0.3 is 0 Å². The number of pyridine rings is 1. The summed E-state index contributed by atoms with van der Waals surface area (Å²) in [5.74, 6) is 9.06. The minimum atomic E-state index is -3.01. The average Bonchev–Trinajstić information content (AvgIpc) is 2.67. The van der Waals surface area contributed by atoms with Crippen LogP contribution < -0.4 is 4.72 Å². The summed E-state index contributed by atoms with van der Waals surface area (Å²) in [6, 6.07) is 17.4. The summed E-state index contributed by atoms with van der Waals surface area (Å²) < 4.78 is 15.2. The molecule has 0 radical (unpaired) electrons. The molecule has 134 valence electrons. The van der Waals surface area contributed by atoms with Crippen LogP contribution in [-0.2, 0) is 9.71 Å². The molecule has 1 unspecified atom stereocenters. The number of hydrogen-bond donors (Lipinski definition) is 1. The number of nitrogens with one attached hydrogen (secondary N) is 1. The van der Waals surface area contributed by atoms with E-state index >= 15 is 0 Å². The molecule has 0 aliphatic carbocycles. The zero-order valence-electron chi connectivity index (χ0n) is 14.2. The van der Waals surface area contributed by atoms with Gasteiger partial charge in [-0.25, -0.2) is 4.21 Å². The van der Waals surface area contributed by atoms with Gasteiger partial charge in [-0.2, -0.15) is 0 Å². The standard InChI is InChI=1S/C21H15ClN2O2S/c1-27(26,20-11-9-19(22)10-12-20)24-21(25)18-13-17(14-23-15-18)8-7-16-5-3-2-4-6-16/h2-6,9-15H,1H2,(H,24,25,26). The number of rotatable bonds is 3. The highest BCUT2D eigenvalue weighted by Crippen LogP contribution is 2.14. The van der Waals surface area contributed by atoms with Crippen LogP contribution in [0.25, 0.3) is 0 Å². The van der Waals surface area contributed by atoms with E-state index in [-0.39, 0.29) is 5.56 Å². The molecular weight excluding hydrogens is 380 g/mol. The molecule has 1 atom stereocenters. The average molecular weight is 395 g/mol. The van der Waals surface area contributed by atoms with Crippen molar-refractivity contribution in [2.24, 2.45) is 0 Å². The molecule has 0 spiro atoms. The number of carbonyl (C=O) groups is 1. The monoisotopic (exact) mass is 394 g/mol. The van der Waals surface area contributed by atoms with Crippen LogP contribution in [0.4, 0.5) is 0 Å². The second kappa shape index (κ2) is 8.09. The first-order valence-corrected chi connectivity index (χ1v) is 10.0. The molecule has 0 aliphatic heterocycles. The summed E-state index contributed by atoms with van der Waals surface area (Å²) in [6.45, 7) is 0. The highest BCUT2D eigenvalue weighted by atomic mass is 35.5. The third kappa shape index (κ3) is 4.98. The van der Waals surface area contributed by atoms with Gasteiger partial charge in [0.15, 0.2) is 0 Å². The lowest BCUT2D eigenvalue weighted by Crippen LogP contribution is -2.30. The quantitative estimate of drug-likeness (QED) is 0.546. The summed E-state index contributed by atoms with van der Waals surface area (Å²) in [4.78, 5) is 16.9. The molecule has 4 nitrogen and oxygen atoms in total. The fourth-order valence-electron chi connectivity index (χ4n) is 2.22. The van der Waals surface area contributed by atoms with E-state index in [0.717, 1.165) is 5.56 Å². The van der Waals surface area contributed by atoms with E-state index < -0.39 is 15.6 Å². The van der Waals surface area contributed by atoms with Gasteiger partial charge in [0.1, 0.15) is 0 Å². The molecule has 0 aliphatic rings. The van der Waals surface area contributed by atoms with E-state index in [1.54, 1.807) is 36.5 Å². The number of benzene rings is 2. The molecule has 1 aromatic heterocycles. The number of carbonyl (C=O) groups excluding carboxylic acids is 1. The van der Waals surface area contributed by atoms with Crippen molar-refractivity contribution >= 4 is 33.1 Å². The molecule has 27 heavy (non-hydrogen) atoms. The predicted molar refractivity (Wildman–Crippen MR) is 109 cm³/mol. The largest absolute Gasteiger partial charge is 0.275 e. The van der Waals surface area contributed by atoms with Crippen molar-refractivity contribution in [2.75, 3.05) is 0 Å². The molecule has 6 heteroatoms. The van der Waals surface area contributed by atoms with Gasteiger partial charge in [-0.1, -0.05) is 41.6 Å². The molecule has 1 heterocycles. The van der Waals surface area contributed by atoms with Crippen LogP contribution in [0.3, 0.4) is 0 Å². The topological polar surface area (TPSA) is 59.1 Å². The summed E-state index contributed by atoms with van der Waals surface area (Å²) in [5, 5.41) is 0.508. The first-order chi connectivity index (χ1) is 12.9. The van der Waals surface area contributed by atoms with E-state index in [1.807, 2.05) is 30.3 Å². The van der Waals surface area contributed by atoms with Crippen molar-refractivity contribution in [3.8, 4) is 11.8 Å². The van der Waals surface area contributed by atoms with Gasteiger partial charge in [-0.3, -0.25) is 14.5 Å². The predicted octanol–water partition coefficient (Wildman–Crippen LogP) is 3.56. The second-order valence-electron chi connectivity index (χ2n) is 5.64. The smallest absolute Gasteiger partial charge is 0.264 e. The van der Waals surface area contributed by atoms with Crippen LogP contribution in [0.5, 0.6) is 0 Å². The lowest BCUT2D eigenvalue weighted by atomic mass is 10.2. The lowest BCUT2D eigenvalue weighted by molar-refractivity contribution is 0.0982. The fraction of sp³-hybridized carbons (Fsp3) is 0. The van der Waals surface area contributed by atoms with Crippen molar-refractivity contribution in [1.29, 1.82) is 0 Å². The molecule has 1 N–H and O–H groups in total. The van der Waals surface area contributed by atoms with E-state index in [1.165, 1.54) is 6.20 Å². The molecule has 3 aromatic rings. The summed E-state index contributed by atoms with van der Waals surface area (Å²) in [5.41, 5.74) is 1.68. The van der Waals surface area contributed by atoms with Crippen molar-refractivity contribution in [1.82, 2.24) is 9.71 Å². The Labute approximate surface area is 163 Å². The molecule has 0 fully saturated rings. The maximum absolute atomic E-state index is 12.7. The van der Waals surface area contributed by atoms with Crippen LogP contribution in [0.15, 0.2) is 78.0 Å². The zero-order valence-corrected chi connectivity index (χ0v) is 15.8. The minimum absolute atomic E-state index is 0.250. The normalized spacial score (nSPS) is 12.3. The Morgan fingerprint density at radius 2 is 1.67 bits per heavy atom. The van der Waals surface area contributed by atoms with Crippen LogP contribution in [0.2, 0.25) is 5.02 Å². The maximum atomic E-state index is 12.7. The Hall–Kier alpha value is -3.07. The summed E-state index contributed by atoms with van der Waals surface area (Å²) >= 11 is 5.83. The fourth-order valence-corrected chi connectivity index (χ4v) is 3.46. The van der Waals surface area contributed by atoms with Crippen molar-refractivity contribution in [3.63, 3.8) is 0 Å². The van der Waals surface area contributed by atoms with Crippen LogP contribution in [0, 0.1) is 11.8 Å². The van der Waals surface area contributed by atoms with Crippen LogP contribution in [0.1, 0.15) is 21.5 Å². The number of halogens is 1. The number of aromatic nitrogens is 1. The number of hydrogen-bond acceptors (Lipinski definition) is 3.